The van der Waals surface area contributed by atoms with Crippen molar-refractivity contribution in [1.82, 2.24) is 0 Å². The van der Waals surface area contributed by atoms with E-state index in [2.05, 4.69) is 29.3 Å². The average Bonchev–Trinajstić information content (AvgIpc) is 2.81. The maximum Gasteiger partial charge on any atom is 0.239 e. The number of carbonyl (C=O) groups excluding carboxylic acids is 1. The van der Waals surface area contributed by atoms with Crippen molar-refractivity contribution in [3.8, 4) is 0 Å². The largest absolute Gasteiger partial charge is 0.372 e. The van der Waals surface area contributed by atoms with Crippen LogP contribution in [0.3, 0.4) is 0 Å². The lowest BCUT2D eigenvalue weighted by Crippen LogP contribution is -2.38. The van der Waals surface area contributed by atoms with Gasteiger partial charge in [-0.2, -0.15) is 0 Å². The molecule has 0 aromatic heterocycles. The molecule has 0 atom stereocenters. The Labute approximate surface area is 179 Å². The number of nitrogens with one attached hydrogen (secondary N) is 1. The molecule has 1 amide bonds. The zero-order valence-electron chi connectivity index (χ0n) is 17.8. The van der Waals surface area contributed by atoms with Crippen LogP contribution < -0.4 is 10.2 Å². The van der Waals surface area contributed by atoms with Crippen LogP contribution in [0.25, 0.3) is 0 Å². The van der Waals surface area contributed by atoms with Gasteiger partial charge in [0.05, 0.1) is 5.41 Å². The zero-order valence-corrected chi connectivity index (χ0v) is 17.8. The molecule has 0 aliphatic carbocycles. The lowest BCUT2D eigenvalue weighted by molar-refractivity contribution is -0.119. The van der Waals surface area contributed by atoms with E-state index in [1.807, 2.05) is 79.7 Å². The van der Waals surface area contributed by atoms with Crippen LogP contribution in [0.2, 0.25) is 0 Å². The standard InChI is InChI=1S/C27H30N2O/c1-21-17-19-29(20-18-21)25-15-13-24(14-16-25)28-26(30)27(2,22-9-5-3-6-10-22)23-11-7-4-8-12-23/h3-16,21H,17-20H2,1-2H3,(H,28,30). The van der Waals surface area contributed by atoms with E-state index in [1.165, 1.54) is 18.5 Å². The summed E-state index contributed by atoms with van der Waals surface area (Å²) in [6, 6.07) is 28.2. The van der Waals surface area contributed by atoms with Gasteiger partial charge in [-0.05, 0) is 61.1 Å². The van der Waals surface area contributed by atoms with Gasteiger partial charge in [0.1, 0.15) is 0 Å². The topological polar surface area (TPSA) is 32.3 Å². The molecule has 0 saturated carbocycles. The smallest absolute Gasteiger partial charge is 0.239 e. The number of anilines is 2. The molecule has 0 bridgehead atoms. The van der Waals surface area contributed by atoms with Crippen LogP contribution in [0.4, 0.5) is 11.4 Å². The van der Waals surface area contributed by atoms with Crippen molar-refractivity contribution < 1.29 is 4.79 Å². The maximum atomic E-state index is 13.5. The van der Waals surface area contributed by atoms with Gasteiger partial charge in [-0.3, -0.25) is 4.79 Å². The Balaban J connectivity index is 1.56. The van der Waals surface area contributed by atoms with Gasteiger partial charge >= 0.3 is 0 Å². The number of hydrogen-bond acceptors (Lipinski definition) is 2. The Morgan fingerprint density at radius 2 is 1.33 bits per heavy atom. The first-order chi connectivity index (χ1) is 14.6. The molecule has 30 heavy (non-hydrogen) atoms. The predicted molar refractivity (Wildman–Crippen MR) is 125 cm³/mol. The van der Waals surface area contributed by atoms with Gasteiger partial charge in [0, 0.05) is 24.5 Å². The number of amides is 1. The van der Waals surface area contributed by atoms with Crippen LogP contribution in [0.5, 0.6) is 0 Å². The van der Waals surface area contributed by atoms with Crippen molar-refractivity contribution in [3.63, 3.8) is 0 Å². The molecule has 0 spiro atoms. The second-order valence-corrected chi connectivity index (χ2v) is 8.53. The van der Waals surface area contributed by atoms with Gasteiger partial charge in [-0.15, -0.1) is 0 Å². The molecule has 1 saturated heterocycles. The molecule has 3 heteroatoms. The maximum absolute atomic E-state index is 13.5. The zero-order chi connectivity index (χ0) is 21.0. The third kappa shape index (κ3) is 4.11. The van der Waals surface area contributed by atoms with Gasteiger partial charge in [0.25, 0.3) is 0 Å². The first kappa shape index (κ1) is 20.2. The number of piperidine rings is 1. The highest BCUT2D eigenvalue weighted by Gasteiger charge is 2.37. The summed E-state index contributed by atoms with van der Waals surface area (Å²) in [5.74, 6) is 0.785. The van der Waals surface area contributed by atoms with Gasteiger partial charge in [0.2, 0.25) is 5.91 Å². The lowest BCUT2D eigenvalue weighted by Gasteiger charge is -2.32. The Morgan fingerprint density at radius 3 is 1.83 bits per heavy atom. The fourth-order valence-electron chi connectivity index (χ4n) is 4.25. The van der Waals surface area contributed by atoms with Gasteiger partial charge in [0.15, 0.2) is 0 Å². The minimum Gasteiger partial charge on any atom is -0.372 e. The normalized spacial score (nSPS) is 15.1. The van der Waals surface area contributed by atoms with E-state index in [9.17, 15) is 4.79 Å². The van der Waals surface area contributed by atoms with Crippen LogP contribution in [-0.4, -0.2) is 19.0 Å². The van der Waals surface area contributed by atoms with E-state index in [4.69, 9.17) is 0 Å². The van der Waals surface area contributed by atoms with Crippen LogP contribution >= 0.6 is 0 Å². The van der Waals surface area contributed by atoms with E-state index >= 15 is 0 Å². The van der Waals surface area contributed by atoms with Crippen molar-refractivity contribution in [2.24, 2.45) is 5.92 Å². The number of nitrogens with zero attached hydrogens (tertiary/aromatic N) is 1. The molecule has 3 aromatic carbocycles. The summed E-state index contributed by atoms with van der Waals surface area (Å²) in [5, 5.41) is 3.16. The monoisotopic (exact) mass is 398 g/mol. The molecule has 154 valence electrons. The van der Waals surface area contributed by atoms with E-state index < -0.39 is 5.41 Å². The molecule has 3 nitrogen and oxygen atoms in total. The third-order valence-electron chi connectivity index (χ3n) is 6.43. The SMILES string of the molecule is CC1CCN(c2ccc(NC(=O)C(C)(c3ccccc3)c3ccccc3)cc2)CC1. The lowest BCUT2D eigenvalue weighted by atomic mass is 9.75. The fourth-order valence-corrected chi connectivity index (χ4v) is 4.25. The van der Waals surface area contributed by atoms with E-state index in [1.54, 1.807) is 0 Å². The van der Waals surface area contributed by atoms with Crippen LogP contribution in [0, 0.1) is 5.92 Å². The third-order valence-corrected chi connectivity index (χ3v) is 6.43. The van der Waals surface area contributed by atoms with E-state index in [-0.39, 0.29) is 5.91 Å². The average molecular weight is 399 g/mol. The summed E-state index contributed by atoms with van der Waals surface area (Å²) < 4.78 is 0. The highest BCUT2D eigenvalue weighted by molar-refractivity contribution is 6.01. The summed E-state index contributed by atoms with van der Waals surface area (Å²) in [6.45, 7) is 6.53. The molecule has 1 aliphatic rings. The molecule has 1 aliphatic heterocycles. The predicted octanol–water partition coefficient (Wildman–Crippen LogP) is 5.87. The molecule has 3 aromatic rings. The second-order valence-electron chi connectivity index (χ2n) is 8.53. The molecule has 0 unspecified atom stereocenters. The van der Waals surface area contributed by atoms with Crippen LogP contribution in [0.1, 0.15) is 37.8 Å². The summed E-state index contributed by atoms with van der Waals surface area (Å²) in [5.41, 5.74) is 3.24. The summed E-state index contributed by atoms with van der Waals surface area (Å²) in [6.07, 6.45) is 2.48. The number of hydrogen-bond donors (Lipinski definition) is 1. The summed E-state index contributed by atoms with van der Waals surface area (Å²) >= 11 is 0. The second kappa shape index (κ2) is 8.74. The molecule has 1 N–H and O–H groups in total. The van der Waals surface area contributed by atoms with E-state index in [0.29, 0.717) is 0 Å². The highest BCUT2D eigenvalue weighted by atomic mass is 16.2. The molecular weight excluding hydrogens is 368 g/mol. The number of benzene rings is 3. The first-order valence-corrected chi connectivity index (χ1v) is 10.8. The fraction of sp³-hybridized carbons (Fsp3) is 0.296. The van der Waals surface area contributed by atoms with Crippen molar-refractivity contribution in [2.45, 2.75) is 32.1 Å². The Kier molecular flexibility index (Phi) is 5.89. The van der Waals surface area contributed by atoms with Crippen LogP contribution in [0.15, 0.2) is 84.9 Å². The number of carbonyl (C=O) groups is 1. The van der Waals surface area contributed by atoms with Crippen molar-refractivity contribution in [3.05, 3.63) is 96.1 Å². The first-order valence-electron chi connectivity index (χ1n) is 10.8. The van der Waals surface area contributed by atoms with Gasteiger partial charge in [-0.25, -0.2) is 0 Å². The quantitative estimate of drug-likeness (QED) is 0.583. The highest BCUT2D eigenvalue weighted by Crippen LogP contribution is 2.33. The Bertz CT molecular complexity index is 919. The summed E-state index contributed by atoms with van der Waals surface area (Å²) in [7, 11) is 0. The van der Waals surface area contributed by atoms with Crippen LogP contribution in [-0.2, 0) is 10.2 Å². The minimum absolute atomic E-state index is 0.0283. The molecule has 1 heterocycles. The molecule has 0 radical (unpaired) electrons. The summed E-state index contributed by atoms with van der Waals surface area (Å²) in [4.78, 5) is 16.0. The number of rotatable bonds is 5. The Hall–Kier alpha value is -3.07. The molecular formula is C27H30N2O. The minimum atomic E-state index is -0.774. The molecule has 4 rings (SSSR count). The molecule has 1 fully saturated rings. The van der Waals surface area contributed by atoms with Gasteiger partial charge in [-0.1, -0.05) is 67.6 Å². The van der Waals surface area contributed by atoms with Crippen molar-refractivity contribution in [2.75, 3.05) is 23.3 Å². The van der Waals surface area contributed by atoms with Crippen molar-refractivity contribution >= 4 is 17.3 Å². The van der Waals surface area contributed by atoms with E-state index in [0.717, 1.165) is 35.8 Å². The Morgan fingerprint density at radius 1 is 0.833 bits per heavy atom. The van der Waals surface area contributed by atoms with Gasteiger partial charge < -0.3 is 10.2 Å². The van der Waals surface area contributed by atoms with Crippen molar-refractivity contribution in [1.29, 1.82) is 0 Å².